The monoisotopic (exact) mass is 319 g/mol. The summed E-state index contributed by atoms with van der Waals surface area (Å²) >= 11 is 11.6. The van der Waals surface area contributed by atoms with Crippen LogP contribution in [-0.4, -0.2) is 7.05 Å². The van der Waals surface area contributed by atoms with Gasteiger partial charge >= 0.3 is 0 Å². The van der Waals surface area contributed by atoms with Gasteiger partial charge in [0.1, 0.15) is 5.82 Å². The molecule has 0 radical (unpaired) electrons. The Kier molecular flexibility index (Phi) is 4.58. The first-order chi connectivity index (χ1) is 9.45. The Hall–Kier alpha value is -1.23. The minimum atomic E-state index is -1.06. The van der Waals surface area contributed by atoms with Crippen molar-refractivity contribution >= 4 is 23.2 Å². The van der Waals surface area contributed by atoms with E-state index in [0.717, 1.165) is 12.1 Å². The average Bonchev–Trinajstić information content (AvgIpc) is 2.41. The van der Waals surface area contributed by atoms with Gasteiger partial charge in [-0.15, -0.1) is 0 Å². The second kappa shape index (κ2) is 6.04. The van der Waals surface area contributed by atoms with Crippen LogP contribution < -0.4 is 5.32 Å². The lowest BCUT2D eigenvalue weighted by atomic mass is 9.98. The van der Waals surface area contributed by atoms with Crippen LogP contribution in [0, 0.1) is 17.5 Å². The fourth-order valence-electron chi connectivity index (χ4n) is 1.98. The molecule has 0 heterocycles. The highest BCUT2D eigenvalue weighted by Gasteiger charge is 2.22. The predicted octanol–water partition coefficient (Wildman–Crippen LogP) is 4.72. The van der Waals surface area contributed by atoms with E-state index in [4.69, 9.17) is 23.2 Å². The van der Waals surface area contributed by atoms with E-state index >= 15 is 0 Å². The minimum absolute atomic E-state index is 0.00243. The van der Waals surface area contributed by atoms with E-state index in [2.05, 4.69) is 5.32 Å². The van der Waals surface area contributed by atoms with Crippen LogP contribution in [0.15, 0.2) is 30.3 Å². The summed E-state index contributed by atoms with van der Waals surface area (Å²) in [6.07, 6.45) is 0. The summed E-state index contributed by atoms with van der Waals surface area (Å²) in [4.78, 5) is 0. The molecule has 0 spiro atoms. The van der Waals surface area contributed by atoms with E-state index in [9.17, 15) is 13.2 Å². The Bertz CT molecular complexity index is 647. The summed E-state index contributed by atoms with van der Waals surface area (Å²) < 4.78 is 40.5. The van der Waals surface area contributed by atoms with Gasteiger partial charge in [-0.3, -0.25) is 0 Å². The van der Waals surface area contributed by atoms with E-state index in [0.29, 0.717) is 0 Å². The molecule has 2 aromatic carbocycles. The van der Waals surface area contributed by atoms with Gasteiger partial charge in [0.15, 0.2) is 11.6 Å². The van der Waals surface area contributed by atoms with Gasteiger partial charge in [0, 0.05) is 10.6 Å². The highest BCUT2D eigenvalue weighted by atomic mass is 35.5. The zero-order valence-electron chi connectivity index (χ0n) is 10.4. The summed E-state index contributed by atoms with van der Waals surface area (Å²) in [5.41, 5.74) is 0.433. The lowest BCUT2D eigenvalue weighted by Crippen LogP contribution is -2.20. The Morgan fingerprint density at radius 1 is 0.950 bits per heavy atom. The van der Waals surface area contributed by atoms with E-state index < -0.39 is 23.5 Å². The first-order valence-corrected chi connectivity index (χ1v) is 6.47. The van der Waals surface area contributed by atoms with Crippen LogP contribution in [0.3, 0.4) is 0 Å². The molecule has 2 rings (SSSR count). The van der Waals surface area contributed by atoms with E-state index in [1.165, 1.54) is 12.1 Å². The first kappa shape index (κ1) is 15.2. The van der Waals surface area contributed by atoms with Gasteiger partial charge in [-0.25, -0.2) is 13.2 Å². The smallest absolute Gasteiger partial charge is 0.160 e. The molecular weight excluding hydrogens is 310 g/mol. The van der Waals surface area contributed by atoms with Gasteiger partial charge in [-0.1, -0.05) is 35.3 Å². The van der Waals surface area contributed by atoms with Crippen molar-refractivity contribution in [2.45, 2.75) is 6.04 Å². The molecule has 1 nitrogen and oxygen atoms in total. The molecule has 106 valence electrons. The van der Waals surface area contributed by atoms with Crippen molar-refractivity contribution in [1.82, 2.24) is 5.32 Å². The van der Waals surface area contributed by atoms with Crippen molar-refractivity contribution in [2.75, 3.05) is 7.05 Å². The molecule has 1 unspecified atom stereocenters. The minimum Gasteiger partial charge on any atom is -0.309 e. The fraction of sp³-hybridized carbons (Fsp3) is 0.143. The van der Waals surface area contributed by atoms with E-state index in [1.54, 1.807) is 13.1 Å². The predicted molar refractivity (Wildman–Crippen MR) is 73.7 cm³/mol. The quantitative estimate of drug-likeness (QED) is 0.807. The maximum atomic E-state index is 14.1. The SMILES string of the molecule is CNC(c1cc(F)c(F)cc1Cl)c1cccc(Cl)c1F. The molecule has 1 atom stereocenters. The summed E-state index contributed by atoms with van der Waals surface area (Å²) in [7, 11) is 1.56. The van der Waals surface area contributed by atoms with Crippen molar-refractivity contribution in [3.8, 4) is 0 Å². The number of hydrogen-bond donors (Lipinski definition) is 1. The molecule has 0 aliphatic heterocycles. The molecular formula is C14H10Cl2F3N. The maximum absolute atomic E-state index is 14.1. The number of hydrogen-bond acceptors (Lipinski definition) is 1. The molecule has 0 aliphatic carbocycles. The number of nitrogens with one attached hydrogen (secondary N) is 1. The zero-order chi connectivity index (χ0) is 14.9. The van der Waals surface area contributed by atoms with Crippen molar-refractivity contribution in [3.05, 3.63) is 69.0 Å². The third-order valence-corrected chi connectivity index (χ3v) is 3.55. The first-order valence-electron chi connectivity index (χ1n) is 5.71. The molecule has 0 saturated heterocycles. The second-order valence-corrected chi connectivity index (χ2v) is 4.97. The standard InChI is InChI=1S/C14H10Cl2F3N/c1-20-14(7-3-2-4-9(15)13(7)19)8-5-11(17)12(18)6-10(8)16/h2-6,14,20H,1H3. The largest absolute Gasteiger partial charge is 0.309 e. The molecule has 0 aromatic heterocycles. The van der Waals surface area contributed by atoms with Gasteiger partial charge in [-0.05, 0) is 30.8 Å². The molecule has 2 aromatic rings. The average molecular weight is 320 g/mol. The van der Waals surface area contributed by atoms with E-state index in [-0.39, 0.29) is 21.2 Å². The van der Waals surface area contributed by atoms with Gasteiger partial charge < -0.3 is 5.32 Å². The third kappa shape index (κ3) is 2.77. The molecule has 20 heavy (non-hydrogen) atoms. The van der Waals surface area contributed by atoms with Crippen LogP contribution in [0.5, 0.6) is 0 Å². The van der Waals surface area contributed by atoms with E-state index in [1.807, 2.05) is 0 Å². The lowest BCUT2D eigenvalue weighted by Gasteiger charge is -2.19. The summed E-state index contributed by atoms with van der Waals surface area (Å²) in [5, 5.41) is 2.77. The van der Waals surface area contributed by atoms with Crippen LogP contribution in [0.25, 0.3) is 0 Å². The topological polar surface area (TPSA) is 12.0 Å². The normalized spacial score (nSPS) is 12.5. The number of benzene rings is 2. The van der Waals surface area contributed by atoms with Crippen LogP contribution in [0.4, 0.5) is 13.2 Å². The Labute approximate surface area is 124 Å². The van der Waals surface area contributed by atoms with Gasteiger partial charge in [0.05, 0.1) is 11.1 Å². The summed E-state index contributed by atoms with van der Waals surface area (Å²) in [6, 6.07) is 5.54. The zero-order valence-corrected chi connectivity index (χ0v) is 11.9. The van der Waals surface area contributed by atoms with Crippen molar-refractivity contribution < 1.29 is 13.2 Å². The maximum Gasteiger partial charge on any atom is 0.160 e. The third-order valence-electron chi connectivity index (χ3n) is 2.93. The van der Waals surface area contributed by atoms with Gasteiger partial charge in [0.25, 0.3) is 0 Å². The molecule has 0 saturated carbocycles. The van der Waals surface area contributed by atoms with Gasteiger partial charge in [0.2, 0.25) is 0 Å². The highest BCUT2D eigenvalue weighted by molar-refractivity contribution is 6.31. The molecule has 0 amide bonds. The highest BCUT2D eigenvalue weighted by Crippen LogP contribution is 2.32. The molecule has 1 N–H and O–H groups in total. The number of halogens is 5. The molecule has 0 fully saturated rings. The van der Waals surface area contributed by atoms with Crippen molar-refractivity contribution in [3.63, 3.8) is 0 Å². The Balaban J connectivity index is 2.58. The van der Waals surface area contributed by atoms with Crippen molar-refractivity contribution in [2.24, 2.45) is 0 Å². The van der Waals surface area contributed by atoms with Crippen LogP contribution in [0.1, 0.15) is 17.2 Å². The van der Waals surface area contributed by atoms with Crippen LogP contribution in [-0.2, 0) is 0 Å². The van der Waals surface area contributed by atoms with Crippen molar-refractivity contribution in [1.29, 1.82) is 0 Å². The Morgan fingerprint density at radius 3 is 2.25 bits per heavy atom. The Morgan fingerprint density at radius 2 is 1.60 bits per heavy atom. The lowest BCUT2D eigenvalue weighted by molar-refractivity contribution is 0.503. The second-order valence-electron chi connectivity index (χ2n) is 4.15. The summed E-state index contributed by atoms with van der Waals surface area (Å²) in [6.45, 7) is 0. The number of rotatable bonds is 3. The molecule has 6 heteroatoms. The fourth-order valence-corrected chi connectivity index (χ4v) is 2.42. The van der Waals surface area contributed by atoms with Gasteiger partial charge in [-0.2, -0.15) is 0 Å². The van der Waals surface area contributed by atoms with Crippen LogP contribution >= 0.6 is 23.2 Å². The summed E-state index contributed by atoms with van der Waals surface area (Å²) in [5.74, 6) is -2.73. The molecule has 0 bridgehead atoms. The van der Waals surface area contributed by atoms with Crippen LogP contribution in [0.2, 0.25) is 10.0 Å². The molecule has 0 aliphatic rings.